The Kier molecular flexibility index (Phi) is 3.76. The molecule has 0 radical (unpaired) electrons. The van der Waals surface area contributed by atoms with E-state index in [1.165, 1.54) is 17.3 Å². The topological polar surface area (TPSA) is 29.4 Å². The van der Waals surface area contributed by atoms with Crippen LogP contribution in [0.4, 0.5) is 0 Å². The smallest absolute Gasteiger partial charge is 0.266 e. The summed E-state index contributed by atoms with van der Waals surface area (Å²) in [5.41, 5.74) is 4.41. The van der Waals surface area contributed by atoms with Crippen LogP contribution in [0, 0.1) is 13.8 Å². The molecule has 0 N–H and O–H groups in total. The highest BCUT2D eigenvalue weighted by atomic mass is 32.2. The third kappa shape index (κ3) is 2.98. The van der Waals surface area contributed by atoms with Crippen molar-refractivity contribution in [2.24, 2.45) is 4.99 Å². The molecule has 2 aromatic carbocycles. The Hall–Kier alpha value is -2.13. The van der Waals surface area contributed by atoms with Crippen LogP contribution in [-0.2, 0) is 4.79 Å². The Balaban J connectivity index is 1.91. The maximum Gasteiger partial charge on any atom is 0.284 e. The molecule has 0 atom stereocenters. The van der Waals surface area contributed by atoms with Crippen LogP contribution < -0.4 is 0 Å². The Morgan fingerprint density at radius 3 is 2.57 bits per heavy atom. The second kappa shape index (κ2) is 5.70. The minimum absolute atomic E-state index is 0.153. The lowest BCUT2D eigenvalue weighted by Crippen LogP contribution is -1.90. The number of carbonyl (C=O) groups is 1. The second-order valence-electron chi connectivity index (χ2n) is 5.06. The lowest BCUT2D eigenvalue weighted by molar-refractivity contribution is -0.113. The van der Waals surface area contributed by atoms with Gasteiger partial charge in [-0.25, -0.2) is 4.99 Å². The fourth-order valence-electron chi connectivity index (χ4n) is 2.17. The highest BCUT2D eigenvalue weighted by Gasteiger charge is 2.22. The minimum atomic E-state index is -0.153. The molecule has 104 valence electrons. The van der Waals surface area contributed by atoms with Gasteiger partial charge in [0, 0.05) is 5.56 Å². The average Bonchev–Trinajstić information content (AvgIpc) is 2.85. The van der Waals surface area contributed by atoms with Crippen LogP contribution in [-0.4, -0.2) is 11.0 Å². The molecule has 3 heteroatoms. The van der Waals surface area contributed by atoms with Crippen molar-refractivity contribution < 1.29 is 4.79 Å². The zero-order valence-corrected chi connectivity index (χ0v) is 12.8. The summed E-state index contributed by atoms with van der Waals surface area (Å²) >= 11 is 1.44. The van der Waals surface area contributed by atoms with Gasteiger partial charge in [-0.15, -0.1) is 0 Å². The summed E-state index contributed by atoms with van der Waals surface area (Å²) in [4.78, 5) is 16.9. The Labute approximate surface area is 128 Å². The van der Waals surface area contributed by atoms with E-state index in [1.54, 1.807) is 0 Å². The van der Waals surface area contributed by atoms with Crippen LogP contribution in [0.1, 0.15) is 22.3 Å². The second-order valence-corrected chi connectivity index (χ2v) is 6.09. The largest absolute Gasteiger partial charge is 0.284 e. The van der Waals surface area contributed by atoms with Gasteiger partial charge in [0.25, 0.3) is 5.91 Å². The first kappa shape index (κ1) is 13.8. The van der Waals surface area contributed by atoms with Gasteiger partial charge in [-0.1, -0.05) is 65.9 Å². The summed E-state index contributed by atoms with van der Waals surface area (Å²) in [7, 11) is 0. The molecule has 0 unspecified atom stereocenters. The van der Waals surface area contributed by atoms with Crippen LogP contribution in [0.2, 0.25) is 0 Å². The van der Waals surface area contributed by atoms with E-state index in [-0.39, 0.29) is 5.91 Å². The van der Waals surface area contributed by atoms with E-state index in [4.69, 9.17) is 0 Å². The van der Waals surface area contributed by atoms with E-state index in [0.717, 1.165) is 21.7 Å². The quantitative estimate of drug-likeness (QED) is 0.770. The fourth-order valence-corrected chi connectivity index (χ4v) is 3.08. The Bertz CT molecular complexity index is 760. The van der Waals surface area contributed by atoms with Crippen molar-refractivity contribution in [2.45, 2.75) is 13.8 Å². The molecule has 0 spiro atoms. The molecule has 3 rings (SSSR count). The van der Waals surface area contributed by atoms with Gasteiger partial charge in [0.2, 0.25) is 0 Å². The highest BCUT2D eigenvalue weighted by Crippen LogP contribution is 2.32. The summed E-state index contributed by atoms with van der Waals surface area (Å²) in [5.74, 6) is -0.153. The van der Waals surface area contributed by atoms with Crippen molar-refractivity contribution in [3.05, 3.63) is 75.7 Å². The molecule has 21 heavy (non-hydrogen) atoms. The summed E-state index contributed by atoms with van der Waals surface area (Å²) in [6, 6.07) is 16.1. The van der Waals surface area contributed by atoms with E-state index < -0.39 is 0 Å². The van der Waals surface area contributed by atoms with Crippen molar-refractivity contribution in [1.82, 2.24) is 0 Å². The average molecular weight is 293 g/mol. The van der Waals surface area contributed by atoms with Gasteiger partial charge in [-0.2, -0.15) is 0 Å². The first-order valence-corrected chi connectivity index (χ1v) is 7.60. The van der Waals surface area contributed by atoms with Gasteiger partial charge < -0.3 is 0 Å². The molecule has 1 heterocycles. The van der Waals surface area contributed by atoms with Gasteiger partial charge in [-0.05, 0) is 31.1 Å². The molecule has 2 nitrogen and oxygen atoms in total. The van der Waals surface area contributed by atoms with Gasteiger partial charge >= 0.3 is 0 Å². The Morgan fingerprint density at radius 2 is 1.81 bits per heavy atom. The van der Waals surface area contributed by atoms with Crippen molar-refractivity contribution >= 4 is 28.8 Å². The van der Waals surface area contributed by atoms with E-state index in [0.29, 0.717) is 4.91 Å². The first-order valence-electron chi connectivity index (χ1n) is 6.79. The molecule has 2 aromatic rings. The monoisotopic (exact) mass is 293 g/mol. The number of amides is 1. The predicted octanol–water partition coefficient (Wildman–Crippen LogP) is 4.36. The van der Waals surface area contributed by atoms with E-state index in [2.05, 4.69) is 37.0 Å². The van der Waals surface area contributed by atoms with Crippen LogP contribution in [0.15, 0.2) is 58.4 Å². The van der Waals surface area contributed by atoms with E-state index >= 15 is 0 Å². The summed E-state index contributed by atoms with van der Waals surface area (Å²) in [6.45, 7) is 4.10. The molecule has 0 aliphatic carbocycles. The molecule has 0 aromatic heterocycles. The molecular formula is C18H15NOS. The maximum atomic E-state index is 12.1. The Morgan fingerprint density at radius 1 is 1.05 bits per heavy atom. The molecule has 0 saturated heterocycles. The van der Waals surface area contributed by atoms with Crippen LogP contribution in [0.5, 0.6) is 0 Å². The van der Waals surface area contributed by atoms with Gasteiger partial charge in [0.05, 0.1) is 4.91 Å². The molecule has 0 bridgehead atoms. The van der Waals surface area contributed by atoms with Gasteiger partial charge in [-0.3, -0.25) is 4.79 Å². The van der Waals surface area contributed by atoms with Crippen molar-refractivity contribution in [3.63, 3.8) is 0 Å². The minimum Gasteiger partial charge on any atom is -0.266 e. The molecule has 0 fully saturated rings. The number of benzene rings is 2. The summed E-state index contributed by atoms with van der Waals surface area (Å²) in [6.07, 6.45) is 1.94. The molecular weight excluding hydrogens is 278 g/mol. The number of hydrogen-bond acceptors (Lipinski definition) is 2. The normalized spacial score (nSPS) is 16.4. The molecule has 1 aliphatic heterocycles. The maximum absolute atomic E-state index is 12.1. The number of hydrogen-bond donors (Lipinski definition) is 0. The highest BCUT2D eigenvalue weighted by molar-refractivity contribution is 8.19. The number of carbonyl (C=O) groups excluding carboxylic acids is 1. The molecule has 1 amide bonds. The van der Waals surface area contributed by atoms with E-state index in [9.17, 15) is 4.79 Å². The van der Waals surface area contributed by atoms with Crippen molar-refractivity contribution in [3.8, 4) is 0 Å². The number of nitrogens with zero attached hydrogens (tertiary/aromatic N) is 1. The lowest BCUT2D eigenvalue weighted by Gasteiger charge is -2.03. The predicted molar refractivity (Wildman–Crippen MR) is 89.5 cm³/mol. The zero-order chi connectivity index (χ0) is 14.8. The summed E-state index contributed by atoms with van der Waals surface area (Å²) in [5, 5.41) is 0.775. The summed E-state index contributed by atoms with van der Waals surface area (Å²) < 4.78 is 0. The van der Waals surface area contributed by atoms with Crippen LogP contribution in [0.25, 0.3) is 6.08 Å². The van der Waals surface area contributed by atoms with Crippen molar-refractivity contribution in [1.29, 1.82) is 0 Å². The first-order chi connectivity index (χ1) is 10.1. The number of aryl methyl sites for hydroxylation is 2. The molecule has 0 saturated carbocycles. The standard InChI is InChI=1S/C18H15NOS/c1-12-8-9-13(2)15(10-12)11-16-17(20)19-18(21-16)14-6-4-3-5-7-14/h3-11H,1-2H3. The number of thioether (sulfide) groups is 1. The fraction of sp³-hybridized carbons (Fsp3) is 0.111. The van der Waals surface area contributed by atoms with Crippen molar-refractivity contribution in [2.75, 3.05) is 0 Å². The molecule has 1 aliphatic rings. The SMILES string of the molecule is Cc1ccc(C)c(C=C2SC(c3ccccc3)=NC2=O)c1. The van der Waals surface area contributed by atoms with Crippen LogP contribution >= 0.6 is 11.8 Å². The van der Waals surface area contributed by atoms with E-state index in [1.807, 2.05) is 36.4 Å². The third-order valence-corrected chi connectivity index (χ3v) is 4.40. The van der Waals surface area contributed by atoms with Crippen LogP contribution in [0.3, 0.4) is 0 Å². The van der Waals surface area contributed by atoms with Gasteiger partial charge in [0.15, 0.2) is 0 Å². The number of rotatable bonds is 2. The number of aliphatic imine (C=N–C) groups is 1. The zero-order valence-electron chi connectivity index (χ0n) is 12.0. The third-order valence-electron chi connectivity index (χ3n) is 3.36. The van der Waals surface area contributed by atoms with Gasteiger partial charge in [0.1, 0.15) is 5.04 Å². The lowest BCUT2D eigenvalue weighted by atomic mass is 10.1.